The summed E-state index contributed by atoms with van der Waals surface area (Å²) in [7, 11) is 0. The van der Waals surface area contributed by atoms with E-state index in [9.17, 15) is 13.6 Å². The monoisotopic (exact) mass is 342 g/mol. The van der Waals surface area contributed by atoms with E-state index in [0.29, 0.717) is 5.01 Å². The number of thiazole rings is 1. The lowest BCUT2D eigenvalue weighted by Gasteiger charge is -2.56. The Morgan fingerprint density at radius 3 is 2.39 bits per heavy atom. The summed E-state index contributed by atoms with van der Waals surface area (Å²) < 4.78 is 27.7. The zero-order chi connectivity index (χ0) is 16.2. The Balaban J connectivity index is 1.53. The van der Waals surface area contributed by atoms with E-state index in [2.05, 4.69) is 4.98 Å². The topological polar surface area (TPSA) is 62.2 Å². The van der Waals surface area contributed by atoms with Gasteiger partial charge >= 0.3 is 11.8 Å². The quantitative estimate of drug-likeness (QED) is 0.650. The lowest BCUT2D eigenvalue weighted by atomic mass is 9.49. The molecule has 0 saturated heterocycles. The second-order valence-corrected chi connectivity index (χ2v) is 8.68. The molecule has 4 saturated carbocycles. The van der Waals surface area contributed by atoms with Gasteiger partial charge in [-0.15, -0.1) is 11.3 Å². The molecule has 23 heavy (non-hydrogen) atoms. The number of carbonyl (C=O) groups excluding carboxylic acids is 1. The Morgan fingerprint density at radius 1 is 1.30 bits per heavy atom. The molecule has 0 spiro atoms. The zero-order valence-corrected chi connectivity index (χ0v) is 13.5. The van der Waals surface area contributed by atoms with Crippen molar-refractivity contribution in [1.82, 2.24) is 10.5 Å². The van der Waals surface area contributed by atoms with E-state index in [1.54, 1.807) is 0 Å². The predicted molar refractivity (Wildman–Crippen MR) is 80.2 cm³/mol. The number of rotatable bonds is 4. The van der Waals surface area contributed by atoms with E-state index in [0.717, 1.165) is 29.7 Å². The molecule has 4 nitrogen and oxygen atoms in total. The van der Waals surface area contributed by atoms with Gasteiger partial charge in [-0.05, 0) is 61.7 Å². The van der Waals surface area contributed by atoms with Crippen LogP contribution >= 0.6 is 11.3 Å². The van der Waals surface area contributed by atoms with Crippen LogP contribution in [0.4, 0.5) is 8.78 Å². The second kappa shape index (κ2) is 5.21. The Hall–Kier alpha value is -1.08. The maximum atomic E-state index is 13.8. The minimum Gasteiger partial charge on any atom is -0.288 e. The van der Waals surface area contributed by atoms with Crippen LogP contribution in [0.15, 0.2) is 5.38 Å². The van der Waals surface area contributed by atoms with Crippen LogP contribution in [0.2, 0.25) is 0 Å². The highest BCUT2D eigenvalue weighted by molar-refractivity contribution is 7.09. The molecule has 0 atom stereocenters. The minimum absolute atomic E-state index is 0.235. The van der Waals surface area contributed by atoms with Gasteiger partial charge < -0.3 is 0 Å². The maximum Gasteiger partial charge on any atom is 0.369 e. The molecule has 7 heteroatoms. The highest BCUT2D eigenvalue weighted by atomic mass is 32.1. The van der Waals surface area contributed by atoms with Crippen LogP contribution < -0.4 is 5.48 Å². The van der Waals surface area contributed by atoms with E-state index in [4.69, 9.17) is 5.21 Å². The third-order valence-corrected chi connectivity index (χ3v) is 6.80. The van der Waals surface area contributed by atoms with Crippen LogP contribution in [0.1, 0.15) is 49.2 Å². The first kappa shape index (κ1) is 15.4. The molecule has 126 valence electrons. The second-order valence-electron chi connectivity index (χ2n) is 7.74. The Kier molecular flexibility index (Phi) is 3.50. The zero-order valence-electron chi connectivity index (χ0n) is 12.7. The molecule has 5 rings (SSSR count). The molecule has 0 aromatic carbocycles. The minimum atomic E-state index is -3.79. The van der Waals surface area contributed by atoms with Gasteiger partial charge in [0.05, 0.1) is 5.01 Å². The number of amides is 1. The van der Waals surface area contributed by atoms with Crippen LogP contribution in [0.25, 0.3) is 0 Å². The summed E-state index contributed by atoms with van der Waals surface area (Å²) >= 11 is 1.20. The van der Waals surface area contributed by atoms with Crippen molar-refractivity contribution in [2.75, 3.05) is 0 Å². The number of alkyl halides is 2. The summed E-state index contributed by atoms with van der Waals surface area (Å²) in [5.74, 6) is -3.10. The molecular weight excluding hydrogens is 322 g/mol. The van der Waals surface area contributed by atoms with Gasteiger partial charge in [-0.25, -0.2) is 10.5 Å². The highest BCUT2D eigenvalue weighted by Crippen LogP contribution is 2.61. The number of hydrogen-bond donors (Lipinski definition) is 2. The van der Waals surface area contributed by atoms with Gasteiger partial charge in [0, 0.05) is 11.8 Å². The molecule has 1 heterocycles. The molecule has 4 aliphatic rings. The van der Waals surface area contributed by atoms with Crippen LogP contribution in [0.3, 0.4) is 0 Å². The highest BCUT2D eigenvalue weighted by Gasteiger charge is 2.51. The number of halogens is 2. The smallest absolute Gasteiger partial charge is 0.288 e. The molecule has 0 unspecified atom stereocenters. The number of hydrogen-bond acceptors (Lipinski definition) is 4. The van der Waals surface area contributed by atoms with Crippen molar-refractivity contribution in [1.29, 1.82) is 0 Å². The molecular formula is C16H20F2N2O2S. The van der Waals surface area contributed by atoms with Crippen LogP contribution in [-0.2, 0) is 17.1 Å². The van der Waals surface area contributed by atoms with E-state index in [1.807, 2.05) is 0 Å². The lowest BCUT2D eigenvalue weighted by molar-refractivity contribution is -0.156. The third kappa shape index (κ3) is 2.58. The van der Waals surface area contributed by atoms with Crippen LogP contribution in [0.5, 0.6) is 0 Å². The van der Waals surface area contributed by atoms with Gasteiger partial charge in [-0.1, -0.05) is 0 Å². The summed E-state index contributed by atoms with van der Waals surface area (Å²) in [6.45, 7) is 0. The van der Waals surface area contributed by atoms with Crippen LogP contribution in [-0.4, -0.2) is 16.1 Å². The molecule has 0 aliphatic heterocycles. The van der Waals surface area contributed by atoms with Gasteiger partial charge in [0.15, 0.2) is 0 Å². The fraction of sp³-hybridized carbons (Fsp3) is 0.750. The Bertz CT molecular complexity index is 596. The number of carbonyl (C=O) groups is 1. The number of aromatic nitrogens is 1. The Morgan fingerprint density at radius 2 is 1.87 bits per heavy atom. The SMILES string of the molecule is O=C(NO)C(F)(F)c1csc(CC23CC4CC(CC(C4)C2)C3)n1. The van der Waals surface area contributed by atoms with Crippen molar-refractivity contribution in [3.63, 3.8) is 0 Å². The first-order chi connectivity index (χ1) is 10.9. The molecule has 0 radical (unpaired) electrons. The summed E-state index contributed by atoms with van der Waals surface area (Å²) in [4.78, 5) is 15.1. The Labute approximate surface area is 137 Å². The first-order valence-electron chi connectivity index (χ1n) is 8.17. The van der Waals surface area contributed by atoms with Crippen molar-refractivity contribution in [2.45, 2.75) is 50.9 Å². The van der Waals surface area contributed by atoms with Crippen molar-refractivity contribution in [3.8, 4) is 0 Å². The van der Waals surface area contributed by atoms with Gasteiger partial charge in [0.1, 0.15) is 5.69 Å². The van der Waals surface area contributed by atoms with E-state index in [-0.39, 0.29) is 5.41 Å². The predicted octanol–water partition coefficient (Wildman–Crippen LogP) is 3.50. The maximum absolute atomic E-state index is 13.8. The van der Waals surface area contributed by atoms with Crippen molar-refractivity contribution < 1.29 is 18.8 Å². The normalized spacial score (nSPS) is 35.5. The molecule has 1 aromatic heterocycles. The van der Waals surface area contributed by atoms with Gasteiger partial charge in [0.25, 0.3) is 0 Å². The van der Waals surface area contributed by atoms with Gasteiger partial charge in [-0.3, -0.25) is 10.0 Å². The average Bonchev–Trinajstić information content (AvgIpc) is 2.93. The van der Waals surface area contributed by atoms with E-state index in [1.165, 1.54) is 55.2 Å². The average molecular weight is 342 g/mol. The molecule has 4 aliphatic carbocycles. The lowest BCUT2D eigenvalue weighted by Crippen LogP contribution is -2.47. The molecule has 2 N–H and O–H groups in total. The molecule has 4 bridgehead atoms. The third-order valence-electron chi connectivity index (χ3n) is 5.95. The standard InChI is InChI=1S/C16H20F2N2O2S/c17-16(18,14(21)20-22)12-8-23-13(19-12)7-15-4-9-1-10(5-15)3-11(2-9)6-15/h8-11,22H,1-7H2,(H,20,21). The largest absolute Gasteiger partial charge is 0.369 e. The fourth-order valence-corrected chi connectivity index (χ4v) is 6.54. The summed E-state index contributed by atoms with van der Waals surface area (Å²) in [5, 5.41) is 10.4. The number of hydroxylamine groups is 1. The number of nitrogens with zero attached hydrogens (tertiary/aromatic N) is 1. The molecule has 1 amide bonds. The van der Waals surface area contributed by atoms with Crippen LogP contribution in [0, 0.1) is 23.2 Å². The summed E-state index contributed by atoms with van der Waals surface area (Å²) in [6, 6.07) is 0. The summed E-state index contributed by atoms with van der Waals surface area (Å²) in [6.07, 6.45) is 8.37. The van der Waals surface area contributed by atoms with Gasteiger partial charge in [0.2, 0.25) is 0 Å². The first-order valence-corrected chi connectivity index (χ1v) is 9.05. The van der Waals surface area contributed by atoms with Gasteiger partial charge in [-0.2, -0.15) is 8.78 Å². The van der Waals surface area contributed by atoms with Crippen molar-refractivity contribution in [3.05, 3.63) is 16.1 Å². The summed E-state index contributed by atoms with van der Waals surface area (Å²) in [5.41, 5.74) is 0.688. The van der Waals surface area contributed by atoms with Crippen molar-refractivity contribution >= 4 is 17.2 Å². The fourth-order valence-electron chi connectivity index (χ4n) is 5.55. The van der Waals surface area contributed by atoms with Crippen molar-refractivity contribution in [2.24, 2.45) is 23.2 Å². The molecule has 1 aromatic rings. The van der Waals surface area contributed by atoms with E-state index < -0.39 is 17.5 Å². The number of nitrogens with one attached hydrogen (secondary N) is 1. The molecule has 4 fully saturated rings. The van der Waals surface area contributed by atoms with E-state index >= 15 is 0 Å².